The van der Waals surface area contributed by atoms with Gasteiger partial charge in [-0.2, -0.15) is 0 Å². The molecule has 0 radical (unpaired) electrons. The highest BCUT2D eigenvalue weighted by molar-refractivity contribution is 9.10. The minimum absolute atomic E-state index is 0.378. The highest BCUT2D eigenvalue weighted by atomic mass is 79.9. The summed E-state index contributed by atoms with van der Waals surface area (Å²) in [6.07, 6.45) is 0. The van der Waals surface area contributed by atoms with E-state index in [0.717, 1.165) is 32.7 Å². The fourth-order valence-electron chi connectivity index (χ4n) is 1.93. The van der Waals surface area contributed by atoms with Crippen molar-refractivity contribution >= 4 is 44.5 Å². The molecule has 0 aromatic heterocycles. The van der Waals surface area contributed by atoms with Crippen LogP contribution in [-0.2, 0) is 0 Å². The molecular formula is C15H15BrN2OS. The summed E-state index contributed by atoms with van der Waals surface area (Å²) in [6.45, 7) is 2.02. The van der Waals surface area contributed by atoms with Crippen LogP contribution in [0.3, 0.4) is 0 Å². The summed E-state index contributed by atoms with van der Waals surface area (Å²) in [7, 11) is 1.64. The van der Waals surface area contributed by atoms with Crippen molar-refractivity contribution in [2.45, 2.75) is 6.92 Å². The van der Waals surface area contributed by atoms with Crippen LogP contribution in [0.4, 0.5) is 11.4 Å². The number of nitrogens with one attached hydrogen (secondary N) is 1. The number of halogens is 1. The summed E-state index contributed by atoms with van der Waals surface area (Å²) in [4.78, 5) is 0.378. The highest BCUT2D eigenvalue weighted by Gasteiger charge is 2.09. The standard InChI is InChI=1S/C15H15BrN2OS/c1-9-4-3-5-11(15(17)20)14(9)18-10-6-7-13(19-2)12(16)8-10/h3-8,18H,1-2H3,(H2,17,20). The summed E-state index contributed by atoms with van der Waals surface area (Å²) < 4.78 is 6.11. The van der Waals surface area contributed by atoms with Gasteiger partial charge in [-0.15, -0.1) is 0 Å². The van der Waals surface area contributed by atoms with Crippen LogP contribution in [0.1, 0.15) is 11.1 Å². The van der Waals surface area contributed by atoms with Gasteiger partial charge in [-0.05, 0) is 52.7 Å². The number of nitrogens with two attached hydrogens (primary N) is 1. The van der Waals surface area contributed by atoms with E-state index in [2.05, 4.69) is 21.2 Å². The van der Waals surface area contributed by atoms with Crippen LogP contribution >= 0.6 is 28.1 Å². The van der Waals surface area contributed by atoms with E-state index in [4.69, 9.17) is 22.7 Å². The minimum Gasteiger partial charge on any atom is -0.496 e. The fraction of sp³-hybridized carbons (Fsp3) is 0.133. The fourth-order valence-corrected chi connectivity index (χ4v) is 2.64. The number of aryl methyl sites for hydroxylation is 1. The molecule has 20 heavy (non-hydrogen) atoms. The first-order valence-electron chi connectivity index (χ1n) is 6.03. The molecule has 0 fully saturated rings. The number of para-hydroxylation sites is 1. The highest BCUT2D eigenvalue weighted by Crippen LogP contribution is 2.31. The Morgan fingerprint density at radius 3 is 2.65 bits per heavy atom. The van der Waals surface area contributed by atoms with Crippen LogP contribution in [0.2, 0.25) is 0 Å². The van der Waals surface area contributed by atoms with Crippen molar-refractivity contribution in [1.29, 1.82) is 0 Å². The normalized spacial score (nSPS) is 10.2. The molecule has 104 valence electrons. The zero-order chi connectivity index (χ0) is 14.7. The van der Waals surface area contributed by atoms with Crippen LogP contribution in [0.5, 0.6) is 5.75 Å². The smallest absolute Gasteiger partial charge is 0.133 e. The average molecular weight is 351 g/mol. The van der Waals surface area contributed by atoms with Crippen LogP contribution in [0.15, 0.2) is 40.9 Å². The van der Waals surface area contributed by atoms with Crippen molar-refractivity contribution < 1.29 is 4.74 Å². The maximum atomic E-state index is 5.77. The Labute approximate surface area is 132 Å². The molecule has 0 amide bonds. The molecule has 0 spiro atoms. The number of anilines is 2. The van der Waals surface area contributed by atoms with Crippen LogP contribution in [0.25, 0.3) is 0 Å². The molecule has 0 heterocycles. The Hall–Kier alpha value is -1.59. The maximum Gasteiger partial charge on any atom is 0.133 e. The lowest BCUT2D eigenvalue weighted by Crippen LogP contribution is -2.12. The van der Waals surface area contributed by atoms with Crippen molar-refractivity contribution in [1.82, 2.24) is 0 Å². The van der Waals surface area contributed by atoms with Gasteiger partial charge in [0.2, 0.25) is 0 Å². The van der Waals surface area contributed by atoms with Gasteiger partial charge in [0.05, 0.1) is 17.3 Å². The second-order valence-corrected chi connectivity index (χ2v) is 5.63. The first-order valence-corrected chi connectivity index (χ1v) is 7.23. The van der Waals surface area contributed by atoms with Gasteiger partial charge >= 0.3 is 0 Å². The monoisotopic (exact) mass is 350 g/mol. The molecule has 0 aliphatic carbocycles. The third-order valence-electron chi connectivity index (χ3n) is 2.96. The predicted molar refractivity (Wildman–Crippen MR) is 91.0 cm³/mol. The van der Waals surface area contributed by atoms with Gasteiger partial charge < -0.3 is 15.8 Å². The molecule has 2 aromatic carbocycles. The van der Waals surface area contributed by atoms with E-state index in [0.29, 0.717) is 4.99 Å². The van der Waals surface area contributed by atoms with E-state index in [9.17, 15) is 0 Å². The molecule has 0 saturated heterocycles. The number of benzene rings is 2. The second kappa shape index (κ2) is 6.24. The van der Waals surface area contributed by atoms with E-state index >= 15 is 0 Å². The third-order valence-corrected chi connectivity index (χ3v) is 3.80. The number of rotatable bonds is 4. The third kappa shape index (κ3) is 3.11. The van der Waals surface area contributed by atoms with Gasteiger partial charge in [0.25, 0.3) is 0 Å². The van der Waals surface area contributed by atoms with E-state index < -0.39 is 0 Å². The van der Waals surface area contributed by atoms with Crippen molar-refractivity contribution in [3.05, 3.63) is 52.0 Å². The lowest BCUT2D eigenvalue weighted by atomic mass is 10.1. The van der Waals surface area contributed by atoms with Crippen LogP contribution < -0.4 is 15.8 Å². The summed E-state index contributed by atoms with van der Waals surface area (Å²) in [6, 6.07) is 11.7. The minimum atomic E-state index is 0.378. The SMILES string of the molecule is COc1ccc(Nc2c(C)cccc2C(N)=S)cc1Br. The van der Waals surface area contributed by atoms with Crippen molar-refractivity contribution in [3.8, 4) is 5.75 Å². The quantitative estimate of drug-likeness (QED) is 0.813. The molecule has 3 N–H and O–H groups in total. The Balaban J connectivity index is 2.39. The molecule has 0 aliphatic rings. The Morgan fingerprint density at radius 1 is 1.30 bits per heavy atom. The Bertz CT molecular complexity index is 658. The van der Waals surface area contributed by atoms with Crippen molar-refractivity contribution in [3.63, 3.8) is 0 Å². The zero-order valence-electron chi connectivity index (χ0n) is 11.2. The first-order chi connectivity index (χ1) is 9.52. The largest absolute Gasteiger partial charge is 0.496 e. The summed E-state index contributed by atoms with van der Waals surface area (Å²) in [5, 5.41) is 3.36. The van der Waals surface area contributed by atoms with Gasteiger partial charge in [-0.1, -0.05) is 24.4 Å². The molecule has 3 nitrogen and oxygen atoms in total. The van der Waals surface area contributed by atoms with Gasteiger partial charge in [0.15, 0.2) is 0 Å². The number of methoxy groups -OCH3 is 1. The molecule has 5 heteroatoms. The molecule has 2 rings (SSSR count). The number of hydrogen-bond donors (Lipinski definition) is 2. The lowest BCUT2D eigenvalue weighted by Gasteiger charge is -2.15. The van der Waals surface area contributed by atoms with Gasteiger partial charge in [0, 0.05) is 11.3 Å². The lowest BCUT2D eigenvalue weighted by molar-refractivity contribution is 0.412. The molecule has 0 saturated carbocycles. The average Bonchev–Trinajstić information content (AvgIpc) is 2.41. The number of ether oxygens (including phenoxy) is 1. The van der Waals surface area contributed by atoms with Gasteiger partial charge in [-0.25, -0.2) is 0 Å². The first kappa shape index (κ1) is 14.8. The van der Waals surface area contributed by atoms with E-state index in [1.807, 2.05) is 43.3 Å². The van der Waals surface area contributed by atoms with Crippen LogP contribution in [-0.4, -0.2) is 12.1 Å². The molecular weight excluding hydrogens is 336 g/mol. The molecule has 0 aliphatic heterocycles. The van der Waals surface area contributed by atoms with Crippen LogP contribution in [0, 0.1) is 6.92 Å². The van der Waals surface area contributed by atoms with E-state index in [1.54, 1.807) is 7.11 Å². The molecule has 0 bridgehead atoms. The van der Waals surface area contributed by atoms with Gasteiger partial charge in [0.1, 0.15) is 10.7 Å². The van der Waals surface area contributed by atoms with Gasteiger partial charge in [-0.3, -0.25) is 0 Å². The zero-order valence-corrected chi connectivity index (χ0v) is 13.6. The van der Waals surface area contributed by atoms with E-state index in [-0.39, 0.29) is 0 Å². The molecule has 0 atom stereocenters. The summed E-state index contributed by atoms with van der Waals surface area (Å²) >= 11 is 8.57. The molecule has 2 aromatic rings. The number of thiocarbonyl (C=S) groups is 1. The summed E-state index contributed by atoms with van der Waals surface area (Å²) in [5.74, 6) is 0.787. The van der Waals surface area contributed by atoms with Crippen molar-refractivity contribution in [2.24, 2.45) is 5.73 Å². The maximum absolute atomic E-state index is 5.77. The summed E-state index contributed by atoms with van der Waals surface area (Å²) in [5.41, 5.74) is 9.56. The topological polar surface area (TPSA) is 47.3 Å². The Morgan fingerprint density at radius 2 is 2.05 bits per heavy atom. The number of hydrogen-bond acceptors (Lipinski definition) is 3. The van der Waals surface area contributed by atoms with E-state index in [1.165, 1.54) is 0 Å². The predicted octanol–water partition coefficient (Wildman–Crippen LogP) is 4.14. The second-order valence-electron chi connectivity index (χ2n) is 4.34. The molecule has 0 unspecified atom stereocenters. The van der Waals surface area contributed by atoms with Crippen molar-refractivity contribution in [2.75, 3.05) is 12.4 Å². The Kier molecular flexibility index (Phi) is 4.62.